The fourth-order valence-corrected chi connectivity index (χ4v) is 4.07. The molecular formula is C14H24N2O. The second-order valence-electron chi connectivity index (χ2n) is 6.38. The van der Waals surface area contributed by atoms with Crippen LogP contribution in [-0.2, 0) is 4.79 Å². The van der Waals surface area contributed by atoms with Gasteiger partial charge in [-0.15, -0.1) is 0 Å². The first-order chi connectivity index (χ1) is 8.14. The molecule has 0 bridgehead atoms. The minimum absolute atomic E-state index is 0.161. The van der Waals surface area contributed by atoms with Crippen molar-refractivity contribution in [2.75, 3.05) is 6.67 Å². The largest absolute Gasteiger partial charge is 0.325 e. The van der Waals surface area contributed by atoms with Crippen molar-refractivity contribution in [2.45, 2.75) is 64.0 Å². The summed E-state index contributed by atoms with van der Waals surface area (Å²) in [5, 5.41) is 3.52. The highest BCUT2D eigenvalue weighted by Gasteiger charge is 2.51. The molecule has 3 aliphatic rings. The summed E-state index contributed by atoms with van der Waals surface area (Å²) < 4.78 is 0. The number of carbonyl (C=O) groups is 1. The van der Waals surface area contributed by atoms with Gasteiger partial charge >= 0.3 is 0 Å². The highest BCUT2D eigenvalue weighted by molar-refractivity contribution is 5.89. The topological polar surface area (TPSA) is 32.3 Å². The lowest BCUT2D eigenvalue weighted by Crippen LogP contribution is -2.46. The Morgan fingerprint density at radius 1 is 1.24 bits per heavy atom. The Hall–Kier alpha value is -0.570. The number of hydrogen-bond donors (Lipinski definition) is 1. The van der Waals surface area contributed by atoms with E-state index < -0.39 is 0 Å². The molecule has 2 saturated carbocycles. The fourth-order valence-electron chi connectivity index (χ4n) is 4.07. The Morgan fingerprint density at radius 2 is 1.94 bits per heavy atom. The maximum atomic E-state index is 12.6. The molecule has 1 spiro atoms. The van der Waals surface area contributed by atoms with Gasteiger partial charge in [0.1, 0.15) is 0 Å². The van der Waals surface area contributed by atoms with Gasteiger partial charge in [0.15, 0.2) is 0 Å². The second kappa shape index (κ2) is 3.98. The van der Waals surface area contributed by atoms with E-state index in [9.17, 15) is 4.79 Å². The van der Waals surface area contributed by atoms with Gasteiger partial charge in [0.25, 0.3) is 0 Å². The van der Waals surface area contributed by atoms with Gasteiger partial charge in [-0.2, -0.15) is 0 Å². The lowest BCUT2D eigenvalue weighted by atomic mass is 9.94. The van der Waals surface area contributed by atoms with Gasteiger partial charge in [-0.25, -0.2) is 0 Å². The molecule has 1 amide bonds. The highest BCUT2D eigenvalue weighted by atomic mass is 16.2. The summed E-state index contributed by atoms with van der Waals surface area (Å²) in [6, 6.07) is 0.491. The van der Waals surface area contributed by atoms with Gasteiger partial charge in [-0.05, 0) is 37.5 Å². The SMILES string of the molecule is CC1CCC(N2CNC3(CCCC3)C2=O)C1C. The van der Waals surface area contributed by atoms with E-state index in [2.05, 4.69) is 24.1 Å². The van der Waals surface area contributed by atoms with E-state index in [1.165, 1.54) is 25.7 Å². The molecule has 3 nitrogen and oxygen atoms in total. The number of nitrogens with zero attached hydrogens (tertiary/aromatic N) is 1. The van der Waals surface area contributed by atoms with Crippen LogP contribution < -0.4 is 5.32 Å². The molecule has 0 aromatic heterocycles. The molecule has 17 heavy (non-hydrogen) atoms. The van der Waals surface area contributed by atoms with Crippen molar-refractivity contribution < 1.29 is 4.79 Å². The predicted octanol–water partition coefficient (Wildman–Crippen LogP) is 2.12. The lowest BCUT2D eigenvalue weighted by Gasteiger charge is -2.29. The summed E-state index contributed by atoms with van der Waals surface area (Å²) in [5.41, 5.74) is -0.161. The van der Waals surface area contributed by atoms with Gasteiger partial charge in [0.2, 0.25) is 5.91 Å². The van der Waals surface area contributed by atoms with Gasteiger partial charge in [0, 0.05) is 6.04 Å². The normalized spacial score (nSPS) is 40.7. The Balaban J connectivity index is 1.76. The first-order valence-electron chi connectivity index (χ1n) is 7.20. The minimum atomic E-state index is -0.161. The van der Waals surface area contributed by atoms with Crippen LogP contribution in [0.5, 0.6) is 0 Å². The van der Waals surface area contributed by atoms with E-state index in [1.807, 2.05) is 0 Å². The van der Waals surface area contributed by atoms with Crippen LogP contribution in [0, 0.1) is 11.8 Å². The van der Waals surface area contributed by atoms with Crippen molar-refractivity contribution in [1.82, 2.24) is 10.2 Å². The van der Waals surface area contributed by atoms with E-state index in [0.717, 1.165) is 25.4 Å². The maximum absolute atomic E-state index is 12.6. The Labute approximate surface area is 104 Å². The van der Waals surface area contributed by atoms with Crippen LogP contribution >= 0.6 is 0 Å². The van der Waals surface area contributed by atoms with Crippen LogP contribution in [-0.4, -0.2) is 29.1 Å². The smallest absolute Gasteiger partial charge is 0.244 e. The lowest BCUT2D eigenvalue weighted by molar-refractivity contribution is -0.134. The molecule has 3 fully saturated rings. The van der Waals surface area contributed by atoms with Crippen molar-refractivity contribution in [3.63, 3.8) is 0 Å². The Morgan fingerprint density at radius 3 is 2.53 bits per heavy atom. The molecule has 0 aromatic carbocycles. The van der Waals surface area contributed by atoms with E-state index in [4.69, 9.17) is 0 Å². The molecule has 1 heterocycles. The number of amides is 1. The number of carbonyl (C=O) groups excluding carboxylic acids is 1. The molecule has 0 aromatic rings. The van der Waals surface area contributed by atoms with Crippen LogP contribution in [0.2, 0.25) is 0 Å². The number of rotatable bonds is 1. The van der Waals surface area contributed by atoms with Gasteiger partial charge in [-0.3, -0.25) is 10.1 Å². The zero-order chi connectivity index (χ0) is 12.0. The second-order valence-corrected chi connectivity index (χ2v) is 6.38. The molecule has 3 rings (SSSR count). The molecule has 3 heteroatoms. The first kappa shape index (κ1) is 11.5. The molecule has 0 radical (unpaired) electrons. The van der Waals surface area contributed by atoms with Crippen LogP contribution in [0.25, 0.3) is 0 Å². The third-order valence-electron chi connectivity index (χ3n) is 5.54. The minimum Gasteiger partial charge on any atom is -0.325 e. The summed E-state index contributed by atoms with van der Waals surface area (Å²) in [6.45, 7) is 5.43. The molecule has 3 unspecified atom stereocenters. The fraction of sp³-hybridized carbons (Fsp3) is 0.929. The first-order valence-corrected chi connectivity index (χ1v) is 7.20. The Kier molecular flexibility index (Phi) is 2.69. The third kappa shape index (κ3) is 1.62. The van der Waals surface area contributed by atoms with Crippen molar-refractivity contribution in [3.8, 4) is 0 Å². The molecule has 1 N–H and O–H groups in total. The quantitative estimate of drug-likeness (QED) is 0.756. The average Bonchev–Trinajstić information content (AvgIpc) is 2.98. The molecular weight excluding hydrogens is 212 g/mol. The van der Waals surface area contributed by atoms with Crippen molar-refractivity contribution in [2.24, 2.45) is 11.8 Å². The predicted molar refractivity (Wildman–Crippen MR) is 67.4 cm³/mol. The molecule has 2 aliphatic carbocycles. The van der Waals surface area contributed by atoms with E-state index >= 15 is 0 Å². The zero-order valence-electron chi connectivity index (χ0n) is 11.0. The molecule has 3 atom stereocenters. The zero-order valence-corrected chi connectivity index (χ0v) is 11.0. The van der Waals surface area contributed by atoms with Crippen molar-refractivity contribution in [3.05, 3.63) is 0 Å². The summed E-state index contributed by atoms with van der Waals surface area (Å²) in [7, 11) is 0. The maximum Gasteiger partial charge on any atom is 0.244 e. The summed E-state index contributed by atoms with van der Waals surface area (Å²) in [6.07, 6.45) is 7.01. The number of nitrogens with one attached hydrogen (secondary N) is 1. The summed E-state index contributed by atoms with van der Waals surface area (Å²) in [4.78, 5) is 14.8. The Bertz CT molecular complexity index is 322. The van der Waals surface area contributed by atoms with E-state index in [0.29, 0.717) is 17.9 Å². The van der Waals surface area contributed by atoms with Crippen molar-refractivity contribution in [1.29, 1.82) is 0 Å². The molecule has 1 aliphatic heterocycles. The monoisotopic (exact) mass is 236 g/mol. The third-order valence-corrected chi connectivity index (χ3v) is 5.54. The van der Waals surface area contributed by atoms with Gasteiger partial charge < -0.3 is 4.90 Å². The van der Waals surface area contributed by atoms with Crippen molar-refractivity contribution >= 4 is 5.91 Å². The van der Waals surface area contributed by atoms with Crippen LogP contribution in [0.1, 0.15) is 52.4 Å². The molecule has 96 valence electrons. The average molecular weight is 236 g/mol. The van der Waals surface area contributed by atoms with Crippen LogP contribution in [0.15, 0.2) is 0 Å². The highest BCUT2D eigenvalue weighted by Crippen LogP contribution is 2.40. The van der Waals surface area contributed by atoms with E-state index in [1.54, 1.807) is 0 Å². The van der Waals surface area contributed by atoms with E-state index in [-0.39, 0.29) is 5.54 Å². The summed E-state index contributed by atoms with van der Waals surface area (Å²) >= 11 is 0. The van der Waals surface area contributed by atoms with Gasteiger partial charge in [0.05, 0.1) is 12.2 Å². The number of hydrogen-bond acceptors (Lipinski definition) is 2. The van der Waals surface area contributed by atoms with Crippen LogP contribution in [0.3, 0.4) is 0 Å². The standard InChI is InChI=1S/C14H24N2O/c1-10-5-6-12(11(10)2)16-9-15-14(13(16)17)7-3-4-8-14/h10-12,15H,3-9H2,1-2H3. The summed E-state index contributed by atoms with van der Waals surface area (Å²) in [5.74, 6) is 1.84. The molecule has 1 saturated heterocycles. The van der Waals surface area contributed by atoms with Gasteiger partial charge in [-0.1, -0.05) is 26.7 Å². The van der Waals surface area contributed by atoms with Crippen LogP contribution in [0.4, 0.5) is 0 Å².